The number of aromatic amines is 1. The van der Waals surface area contributed by atoms with E-state index < -0.39 is 84.7 Å². The highest BCUT2D eigenvalue weighted by molar-refractivity contribution is 5.95. The Labute approximate surface area is 250 Å². The molecule has 1 rings (SSSR count). The smallest absolute Gasteiger partial charge is 0.326 e. The van der Waals surface area contributed by atoms with Crippen LogP contribution in [-0.4, -0.2) is 97.2 Å². The largest absolute Gasteiger partial charge is 0.481 e. The number of carboxylic acids is 2. The quantitative estimate of drug-likeness (QED) is 0.0881. The van der Waals surface area contributed by atoms with Gasteiger partial charge in [0.2, 0.25) is 23.6 Å². The normalized spacial score (nSPS) is 15.5. The molecule has 1 aromatic heterocycles. The van der Waals surface area contributed by atoms with E-state index in [2.05, 4.69) is 31.2 Å². The molecule has 242 valence electrons. The Kier molecular flexibility index (Phi) is 15.3. The summed E-state index contributed by atoms with van der Waals surface area (Å²) in [5.41, 5.74) is 6.45. The number of hydrogen-bond acceptors (Lipinski definition) is 9. The number of carbonyl (C=O) groups is 6. The average Bonchev–Trinajstić information content (AvgIpc) is 3.40. The molecular weight excluding hydrogens is 566 g/mol. The molecule has 6 atom stereocenters. The summed E-state index contributed by atoms with van der Waals surface area (Å²) in [6, 6.07) is -6.58. The summed E-state index contributed by atoms with van der Waals surface area (Å²) in [6.45, 7) is 8.46. The Morgan fingerprint density at radius 3 is 1.86 bits per heavy atom. The minimum Gasteiger partial charge on any atom is -0.481 e. The fraction of sp³-hybridized carbons (Fsp3) is 0.667. The maximum Gasteiger partial charge on any atom is 0.326 e. The molecule has 0 radical (unpaired) electrons. The zero-order valence-corrected chi connectivity index (χ0v) is 25.1. The van der Waals surface area contributed by atoms with Gasteiger partial charge in [-0.25, -0.2) is 9.78 Å². The standard InChI is InChI=1S/C27H45N7O9/c1-13(2)8-17(28)23(38)32-19(10-16-11-29-12-30-16)25(40)31-18(6-7-21(36)37)24(39)34-22(15(5)35)26(41)33-20(27(42)43)9-14(3)4/h11-15,17-20,22,35H,6-10,28H2,1-5H3,(H,29,30)(H,31,40)(H,32,38)(H,33,41)(H,34,39)(H,36,37)(H,42,43)/t15-,17+,18+,19+,20+,22+/m1/s1. The van der Waals surface area contributed by atoms with E-state index in [9.17, 15) is 44.1 Å². The molecular formula is C27H45N7O9. The second kappa shape index (κ2) is 17.8. The number of rotatable bonds is 19. The van der Waals surface area contributed by atoms with Gasteiger partial charge >= 0.3 is 11.9 Å². The monoisotopic (exact) mass is 611 g/mol. The highest BCUT2D eigenvalue weighted by atomic mass is 16.4. The molecule has 16 heteroatoms. The maximum atomic E-state index is 13.4. The molecule has 0 saturated carbocycles. The van der Waals surface area contributed by atoms with E-state index in [-0.39, 0.29) is 24.7 Å². The highest BCUT2D eigenvalue weighted by Gasteiger charge is 2.34. The van der Waals surface area contributed by atoms with Gasteiger partial charge in [-0.1, -0.05) is 27.7 Å². The lowest BCUT2D eigenvalue weighted by Crippen LogP contribution is -2.60. The summed E-state index contributed by atoms with van der Waals surface area (Å²) < 4.78 is 0. The summed E-state index contributed by atoms with van der Waals surface area (Å²) in [7, 11) is 0. The topological polar surface area (TPSA) is 266 Å². The van der Waals surface area contributed by atoms with E-state index in [0.29, 0.717) is 12.1 Å². The molecule has 4 amide bonds. The number of nitrogens with two attached hydrogens (primary N) is 1. The number of imidazole rings is 1. The van der Waals surface area contributed by atoms with Gasteiger partial charge in [-0.2, -0.15) is 0 Å². The van der Waals surface area contributed by atoms with Crippen LogP contribution >= 0.6 is 0 Å². The van der Waals surface area contributed by atoms with Gasteiger partial charge in [-0.05, 0) is 38.0 Å². The Balaban J connectivity index is 3.18. The average molecular weight is 612 g/mol. The van der Waals surface area contributed by atoms with Crippen LogP contribution in [0.25, 0.3) is 0 Å². The van der Waals surface area contributed by atoms with E-state index in [1.807, 2.05) is 13.8 Å². The Morgan fingerprint density at radius 1 is 0.814 bits per heavy atom. The second-order valence-corrected chi connectivity index (χ2v) is 11.3. The van der Waals surface area contributed by atoms with Gasteiger partial charge in [0.15, 0.2) is 0 Å². The van der Waals surface area contributed by atoms with E-state index >= 15 is 0 Å². The number of H-pyrrole nitrogens is 1. The van der Waals surface area contributed by atoms with Crippen LogP contribution in [0.15, 0.2) is 12.5 Å². The van der Waals surface area contributed by atoms with Gasteiger partial charge in [-0.15, -0.1) is 0 Å². The molecule has 0 unspecified atom stereocenters. The first-order valence-corrected chi connectivity index (χ1v) is 14.1. The maximum absolute atomic E-state index is 13.4. The van der Waals surface area contributed by atoms with Crippen LogP contribution in [0.5, 0.6) is 0 Å². The number of nitrogens with one attached hydrogen (secondary N) is 5. The van der Waals surface area contributed by atoms with Crippen molar-refractivity contribution in [2.75, 3.05) is 0 Å². The highest BCUT2D eigenvalue weighted by Crippen LogP contribution is 2.09. The molecule has 0 aliphatic heterocycles. The number of nitrogens with zero attached hydrogens (tertiary/aromatic N) is 1. The number of aromatic nitrogens is 2. The minimum absolute atomic E-state index is 0.0651. The molecule has 0 aliphatic carbocycles. The lowest BCUT2D eigenvalue weighted by atomic mass is 10.0. The van der Waals surface area contributed by atoms with E-state index in [4.69, 9.17) is 5.73 Å². The van der Waals surface area contributed by atoms with Crippen molar-refractivity contribution in [3.05, 3.63) is 18.2 Å². The third-order valence-electron chi connectivity index (χ3n) is 6.34. The lowest BCUT2D eigenvalue weighted by molar-refractivity contribution is -0.143. The third kappa shape index (κ3) is 13.6. The number of aliphatic hydroxyl groups is 1. The molecule has 0 bridgehead atoms. The van der Waals surface area contributed by atoms with Crippen molar-refractivity contribution < 1.29 is 44.1 Å². The predicted octanol–water partition coefficient (Wildman–Crippen LogP) is -1.36. The van der Waals surface area contributed by atoms with Gasteiger partial charge in [0.05, 0.1) is 18.5 Å². The van der Waals surface area contributed by atoms with Crippen LogP contribution in [0.2, 0.25) is 0 Å². The lowest BCUT2D eigenvalue weighted by Gasteiger charge is -2.27. The number of hydrogen-bond donors (Lipinski definition) is 9. The Hall–Kier alpha value is -4.05. The SMILES string of the molecule is CC(C)C[C@H](NC(=O)[C@@H](NC(=O)[C@H](CCC(=O)O)NC(=O)[C@H](Cc1cnc[nH]1)NC(=O)[C@@H](N)CC(C)C)[C@@H](C)O)C(=O)O. The summed E-state index contributed by atoms with van der Waals surface area (Å²) in [4.78, 5) is 81.8. The van der Waals surface area contributed by atoms with Gasteiger partial charge in [0, 0.05) is 24.7 Å². The van der Waals surface area contributed by atoms with Crippen molar-refractivity contribution in [3.8, 4) is 0 Å². The summed E-state index contributed by atoms with van der Waals surface area (Å²) in [5.74, 6) is -6.00. The van der Waals surface area contributed by atoms with Crippen LogP contribution < -0.4 is 27.0 Å². The van der Waals surface area contributed by atoms with E-state index in [0.717, 1.165) is 0 Å². The van der Waals surface area contributed by atoms with Gasteiger partial charge in [0.1, 0.15) is 24.2 Å². The van der Waals surface area contributed by atoms with E-state index in [1.54, 1.807) is 13.8 Å². The minimum atomic E-state index is -1.62. The molecule has 1 heterocycles. The number of amides is 4. The first-order valence-electron chi connectivity index (χ1n) is 14.1. The van der Waals surface area contributed by atoms with Gasteiger partial charge in [-0.3, -0.25) is 24.0 Å². The fourth-order valence-electron chi connectivity index (χ4n) is 4.14. The van der Waals surface area contributed by atoms with Gasteiger partial charge in [0.25, 0.3) is 0 Å². The van der Waals surface area contributed by atoms with Crippen LogP contribution in [0.1, 0.15) is 66.0 Å². The number of aliphatic hydroxyl groups excluding tert-OH is 1. The van der Waals surface area contributed by atoms with Crippen molar-refractivity contribution in [2.24, 2.45) is 17.6 Å². The Bertz CT molecular complexity index is 1090. The molecule has 16 nitrogen and oxygen atoms in total. The van der Waals surface area contributed by atoms with Crippen LogP contribution in [0.4, 0.5) is 0 Å². The number of carboxylic acid groups (broad SMARTS) is 2. The summed E-state index contributed by atoms with van der Waals surface area (Å²) in [6.07, 6.45) is 0.745. The zero-order chi connectivity index (χ0) is 32.9. The van der Waals surface area contributed by atoms with Crippen LogP contribution in [0.3, 0.4) is 0 Å². The molecule has 0 fully saturated rings. The molecule has 0 spiro atoms. The summed E-state index contributed by atoms with van der Waals surface area (Å²) >= 11 is 0. The molecule has 10 N–H and O–H groups in total. The van der Waals surface area contributed by atoms with Crippen LogP contribution in [0, 0.1) is 11.8 Å². The predicted molar refractivity (Wildman–Crippen MR) is 153 cm³/mol. The molecule has 0 saturated heterocycles. The first kappa shape index (κ1) is 37.0. The molecule has 43 heavy (non-hydrogen) atoms. The van der Waals surface area contributed by atoms with Crippen molar-refractivity contribution in [1.29, 1.82) is 0 Å². The van der Waals surface area contributed by atoms with Crippen LogP contribution in [-0.2, 0) is 35.2 Å². The van der Waals surface area contributed by atoms with Crippen molar-refractivity contribution >= 4 is 35.6 Å². The summed E-state index contributed by atoms with van der Waals surface area (Å²) in [5, 5.41) is 38.4. The Morgan fingerprint density at radius 2 is 1.37 bits per heavy atom. The van der Waals surface area contributed by atoms with Crippen molar-refractivity contribution in [2.45, 2.75) is 103 Å². The fourth-order valence-corrected chi connectivity index (χ4v) is 4.14. The zero-order valence-electron chi connectivity index (χ0n) is 25.1. The molecule has 0 aliphatic rings. The van der Waals surface area contributed by atoms with Crippen molar-refractivity contribution in [1.82, 2.24) is 31.2 Å². The molecule has 1 aromatic rings. The van der Waals surface area contributed by atoms with Crippen molar-refractivity contribution in [3.63, 3.8) is 0 Å². The second-order valence-electron chi connectivity index (χ2n) is 11.3. The number of carbonyl (C=O) groups excluding carboxylic acids is 4. The number of aliphatic carboxylic acids is 2. The third-order valence-corrected chi connectivity index (χ3v) is 6.34. The van der Waals surface area contributed by atoms with E-state index in [1.165, 1.54) is 19.4 Å². The first-order chi connectivity index (χ1) is 20.0. The molecule has 0 aromatic carbocycles. The van der Waals surface area contributed by atoms with Gasteiger partial charge < -0.3 is 47.3 Å².